The summed E-state index contributed by atoms with van der Waals surface area (Å²) in [6.45, 7) is 2.90. The van der Waals surface area contributed by atoms with Crippen LogP contribution in [0, 0.1) is 0 Å². The molecular weight excluding hydrogens is 480 g/mol. The van der Waals surface area contributed by atoms with E-state index in [-0.39, 0.29) is 4.90 Å². The zero-order valence-corrected chi connectivity index (χ0v) is 23.5. The Bertz CT molecular complexity index is 1160. The van der Waals surface area contributed by atoms with E-state index >= 15 is 0 Å². The topological polar surface area (TPSA) is 72.2 Å². The van der Waals surface area contributed by atoms with Crippen LogP contribution in [-0.4, -0.2) is 22.5 Å². The lowest BCUT2D eigenvalue weighted by atomic mass is 10.0. The third-order valence-corrected chi connectivity index (χ3v) is 8.17. The number of aromatic nitrogens is 2. The Hall–Kier alpha value is -2.18. The van der Waals surface area contributed by atoms with Gasteiger partial charge in [0.25, 0.3) is 10.1 Å². The highest BCUT2D eigenvalue weighted by molar-refractivity contribution is 7.86. The van der Waals surface area contributed by atoms with Crippen LogP contribution in [0.15, 0.2) is 53.4 Å². The molecular formula is C31H46N2O3S. The first-order valence-corrected chi connectivity index (χ1v) is 15.9. The number of hydrogen-bond donors (Lipinski definition) is 1. The smallest absolute Gasteiger partial charge is 0.296 e. The summed E-state index contributed by atoms with van der Waals surface area (Å²) in [5.74, 6) is 0.879. The summed E-state index contributed by atoms with van der Waals surface area (Å²) in [5, 5.41) is 0. The predicted octanol–water partition coefficient (Wildman–Crippen LogP) is 8.75. The number of unbranched alkanes of at least 4 members (excludes halogenated alkanes) is 14. The van der Waals surface area contributed by atoms with Gasteiger partial charge in [0, 0.05) is 13.0 Å². The molecule has 0 fully saturated rings. The van der Waals surface area contributed by atoms with E-state index in [2.05, 4.69) is 23.6 Å². The Morgan fingerprint density at radius 3 is 1.78 bits per heavy atom. The van der Waals surface area contributed by atoms with Gasteiger partial charge in [0.05, 0.1) is 5.52 Å². The standard InChI is InChI=1S/C31H46N2O3S/c1-2-3-4-5-6-7-8-9-10-11-12-13-14-15-19-25-30-32-31-28(23-20-24-29(31)37(34,35)36)33(30)26-27-21-17-16-18-22-27/h16-18,20-24H,2-15,19,25-26H2,1H3,(H,34,35,36). The summed E-state index contributed by atoms with van der Waals surface area (Å²) in [6.07, 6.45) is 20.7. The molecule has 1 aromatic heterocycles. The highest BCUT2D eigenvalue weighted by Gasteiger charge is 2.20. The van der Waals surface area contributed by atoms with E-state index < -0.39 is 10.1 Å². The number of hydrogen-bond acceptors (Lipinski definition) is 3. The van der Waals surface area contributed by atoms with Crippen molar-refractivity contribution in [3.05, 3.63) is 59.9 Å². The van der Waals surface area contributed by atoms with E-state index in [0.29, 0.717) is 12.1 Å². The Morgan fingerprint density at radius 2 is 1.24 bits per heavy atom. The molecule has 0 radical (unpaired) electrons. The van der Waals surface area contributed by atoms with Gasteiger partial charge >= 0.3 is 0 Å². The Kier molecular flexibility index (Phi) is 12.6. The van der Waals surface area contributed by atoms with Crippen LogP contribution in [0.3, 0.4) is 0 Å². The van der Waals surface area contributed by atoms with E-state index in [4.69, 9.17) is 4.98 Å². The molecule has 37 heavy (non-hydrogen) atoms. The van der Waals surface area contributed by atoms with Crippen LogP contribution in [0.4, 0.5) is 0 Å². The molecule has 0 bridgehead atoms. The highest BCUT2D eigenvalue weighted by atomic mass is 32.2. The first kappa shape index (κ1) is 29.4. The molecule has 3 rings (SSSR count). The van der Waals surface area contributed by atoms with E-state index in [0.717, 1.165) is 36.2 Å². The van der Waals surface area contributed by atoms with Gasteiger partial charge in [0.2, 0.25) is 0 Å². The van der Waals surface area contributed by atoms with Crippen molar-refractivity contribution < 1.29 is 13.0 Å². The monoisotopic (exact) mass is 526 g/mol. The average molecular weight is 527 g/mol. The van der Waals surface area contributed by atoms with Gasteiger partial charge in [-0.15, -0.1) is 0 Å². The van der Waals surface area contributed by atoms with E-state index in [1.807, 2.05) is 24.3 Å². The van der Waals surface area contributed by atoms with Crippen molar-refractivity contribution in [2.45, 2.75) is 121 Å². The van der Waals surface area contributed by atoms with Gasteiger partial charge in [0.1, 0.15) is 16.2 Å². The quantitative estimate of drug-likeness (QED) is 0.125. The van der Waals surface area contributed by atoms with Crippen molar-refractivity contribution in [3.63, 3.8) is 0 Å². The molecule has 0 unspecified atom stereocenters. The number of aryl methyl sites for hydroxylation is 1. The molecule has 204 valence electrons. The summed E-state index contributed by atoms with van der Waals surface area (Å²) in [6, 6.07) is 15.1. The maximum absolute atomic E-state index is 11.9. The summed E-state index contributed by atoms with van der Waals surface area (Å²) >= 11 is 0. The minimum absolute atomic E-state index is 0.116. The average Bonchev–Trinajstić information content (AvgIpc) is 3.23. The van der Waals surface area contributed by atoms with Gasteiger partial charge in [-0.1, -0.05) is 133 Å². The Morgan fingerprint density at radius 1 is 0.703 bits per heavy atom. The van der Waals surface area contributed by atoms with E-state index in [9.17, 15) is 13.0 Å². The fourth-order valence-corrected chi connectivity index (χ4v) is 5.81. The summed E-state index contributed by atoms with van der Waals surface area (Å²) < 4.78 is 35.7. The fourth-order valence-electron chi connectivity index (χ4n) is 5.17. The van der Waals surface area contributed by atoms with Crippen molar-refractivity contribution in [1.29, 1.82) is 0 Å². The van der Waals surface area contributed by atoms with Crippen LogP contribution in [-0.2, 0) is 23.1 Å². The molecule has 5 nitrogen and oxygen atoms in total. The lowest BCUT2D eigenvalue weighted by Gasteiger charge is -2.10. The van der Waals surface area contributed by atoms with Gasteiger partial charge in [-0.2, -0.15) is 8.42 Å². The lowest BCUT2D eigenvalue weighted by Crippen LogP contribution is -2.05. The maximum atomic E-state index is 11.9. The normalized spacial score (nSPS) is 11.9. The van der Waals surface area contributed by atoms with Crippen molar-refractivity contribution in [2.75, 3.05) is 0 Å². The number of fused-ring (bicyclic) bond motifs is 1. The molecule has 6 heteroatoms. The Labute approximate surface area is 224 Å². The van der Waals surface area contributed by atoms with Crippen LogP contribution in [0.1, 0.15) is 115 Å². The van der Waals surface area contributed by atoms with Gasteiger partial charge < -0.3 is 4.57 Å². The first-order chi connectivity index (χ1) is 18.0. The molecule has 0 atom stereocenters. The third-order valence-electron chi connectivity index (χ3n) is 7.29. The van der Waals surface area contributed by atoms with Crippen molar-refractivity contribution in [1.82, 2.24) is 9.55 Å². The second-order valence-corrected chi connectivity index (χ2v) is 11.8. The lowest BCUT2D eigenvalue weighted by molar-refractivity contribution is 0.484. The minimum Gasteiger partial charge on any atom is -0.323 e. The largest absolute Gasteiger partial charge is 0.323 e. The second-order valence-electron chi connectivity index (χ2n) is 10.4. The summed E-state index contributed by atoms with van der Waals surface area (Å²) in [4.78, 5) is 4.59. The van der Waals surface area contributed by atoms with Gasteiger partial charge in [0.15, 0.2) is 0 Å². The zero-order chi connectivity index (χ0) is 26.3. The molecule has 0 aliphatic heterocycles. The Balaban J connectivity index is 1.43. The van der Waals surface area contributed by atoms with Gasteiger partial charge in [-0.05, 0) is 24.1 Å². The third kappa shape index (κ3) is 9.90. The number of para-hydroxylation sites is 1. The fraction of sp³-hybridized carbons (Fsp3) is 0.581. The molecule has 0 saturated carbocycles. The van der Waals surface area contributed by atoms with E-state index in [1.165, 1.54) is 89.5 Å². The van der Waals surface area contributed by atoms with Gasteiger partial charge in [-0.3, -0.25) is 4.55 Å². The molecule has 3 aromatic rings. The van der Waals surface area contributed by atoms with Crippen LogP contribution in [0.2, 0.25) is 0 Å². The molecule has 0 amide bonds. The number of nitrogens with zero attached hydrogens (tertiary/aromatic N) is 2. The van der Waals surface area contributed by atoms with Crippen LogP contribution >= 0.6 is 0 Å². The molecule has 0 saturated heterocycles. The van der Waals surface area contributed by atoms with Crippen LogP contribution < -0.4 is 0 Å². The molecule has 0 spiro atoms. The zero-order valence-electron chi connectivity index (χ0n) is 22.7. The van der Waals surface area contributed by atoms with Crippen molar-refractivity contribution in [2.24, 2.45) is 0 Å². The van der Waals surface area contributed by atoms with Gasteiger partial charge in [-0.25, -0.2) is 4.98 Å². The van der Waals surface area contributed by atoms with E-state index in [1.54, 1.807) is 6.07 Å². The first-order valence-electron chi connectivity index (χ1n) is 14.5. The summed E-state index contributed by atoms with van der Waals surface area (Å²) in [5.41, 5.74) is 2.24. The molecule has 0 aliphatic rings. The number of imidazole rings is 1. The molecule has 1 N–H and O–H groups in total. The summed E-state index contributed by atoms with van der Waals surface area (Å²) in [7, 11) is -4.33. The van der Waals surface area contributed by atoms with Crippen molar-refractivity contribution >= 4 is 21.2 Å². The predicted molar refractivity (Wildman–Crippen MR) is 154 cm³/mol. The number of rotatable bonds is 19. The second kappa shape index (κ2) is 15.9. The minimum atomic E-state index is -4.33. The highest BCUT2D eigenvalue weighted by Crippen LogP contribution is 2.26. The molecule has 1 heterocycles. The molecule has 0 aliphatic carbocycles. The van der Waals surface area contributed by atoms with Crippen molar-refractivity contribution in [3.8, 4) is 0 Å². The molecule has 2 aromatic carbocycles. The number of benzene rings is 2. The van der Waals surface area contributed by atoms with Crippen LogP contribution in [0.25, 0.3) is 11.0 Å². The maximum Gasteiger partial charge on any atom is 0.296 e. The van der Waals surface area contributed by atoms with Crippen LogP contribution in [0.5, 0.6) is 0 Å². The SMILES string of the molecule is CCCCCCCCCCCCCCCCCc1nc2c(S(=O)(=O)O)cccc2n1Cc1ccccc1.